The summed E-state index contributed by atoms with van der Waals surface area (Å²) in [6.45, 7) is 8.92. The number of likely N-dealkylation sites (tertiary alicyclic amines) is 1. The van der Waals surface area contributed by atoms with Crippen molar-refractivity contribution in [2.75, 3.05) is 26.2 Å². The molecular weight excluding hydrogens is 288 g/mol. The largest absolute Gasteiger partial charge is 0.444 e. The number of nitrogens with zero attached hydrogens (tertiary/aromatic N) is 1. The van der Waals surface area contributed by atoms with E-state index in [0.717, 1.165) is 38.8 Å². The molecule has 1 N–H and O–H groups in total. The molecule has 0 aliphatic carbocycles. The van der Waals surface area contributed by atoms with Crippen molar-refractivity contribution in [3.8, 4) is 0 Å². The van der Waals surface area contributed by atoms with Gasteiger partial charge in [-0.25, -0.2) is 4.79 Å². The minimum absolute atomic E-state index is 0.242. The zero-order valence-corrected chi connectivity index (χ0v) is 14.2. The second-order valence-electron chi connectivity index (χ2n) is 6.94. The fourth-order valence-corrected chi connectivity index (χ4v) is 4.82. The third kappa shape index (κ3) is 4.95. The van der Waals surface area contributed by atoms with Gasteiger partial charge in [-0.3, -0.25) is 4.21 Å². The van der Waals surface area contributed by atoms with Crippen molar-refractivity contribution in [1.82, 2.24) is 10.2 Å². The van der Waals surface area contributed by atoms with Gasteiger partial charge in [0.2, 0.25) is 0 Å². The van der Waals surface area contributed by atoms with Gasteiger partial charge in [0, 0.05) is 34.4 Å². The summed E-state index contributed by atoms with van der Waals surface area (Å²) in [5.41, 5.74) is -0.453. The van der Waals surface area contributed by atoms with Gasteiger partial charge in [0.25, 0.3) is 0 Å². The maximum atomic E-state index is 12.6. The summed E-state index contributed by atoms with van der Waals surface area (Å²) in [6, 6.07) is 0. The average Bonchev–Trinajstić information content (AvgIpc) is 2.46. The third-order valence-electron chi connectivity index (χ3n) is 4.04. The van der Waals surface area contributed by atoms with Crippen molar-refractivity contribution >= 4 is 16.9 Å². The van der Waals surface area contributed by atoms with E-state index in [2.05, 4.69) is 5.32 Å². The van der Waals surface area contributed by atoms with Gasteiger partial charge in [-0.1, -0.05) is 0 Å². The molecule has 0 spiro atoms. The van der Waals surface area contributed by atoms with Crippen LogP contribution in [0, 0.1) is 0 Å². The van der Waals surface area contributed by atoms with Gasteiger partial charge >= 0.3 is 6.09 Å². The molecule has 5 nitrogen and oxygen atoms in total. The van der Waals surface area contributed by atoms with E-state index in [1.165, 1.54) is 0 Å². The molecule has 2 aliphatic rings. The Balaban J connectivity index is 1.80. The number of carbonyl (C=O) groups excluding carboxylic acids is 1. The maximum absolute atomic E-state index is 12.6. The van der Waals surface area contributed by atoms with E-state index in [1.54, 1.807) is 4.90 Å². The molecule has 2 saturated heterocycles. The van der Waals surface area contributed by atoms with E-state index in [-0.39, 0.29) is 11.3 Å². The van der Waals surface area contributed by atoms with Gasteiger partial charge in [0.1, 0.15) is 5.60 Å². The normalized spacial score (nSPS) is 23.9. The summed E-state index contributed by atoms with van der Waals surface area (Å²) in [5, 5.41) is 3.89. The Labute approximate surface area is 130 Å². The van der Waals surface area contributed by atoms with Crippen molar-refractivity contribution in [2.45, 2.75) is 62.6 Å². The lowest BCUT2D eigenvalue weighted by atomic mass is 10.1. The average molecular weight is 316 g/mol. The monoisotopic (exact) mass is 316 g/mol. The standard InChI is InChI=1S/C15H28N2O3S/c1-15(2,3)20-14(18)17-10-6-13(7-11-17)21(19)12-4-8-16-9-5-12/h12-13,16H,4-11H2,1-3H3. The number of amides is 1. The van der Waals surface area contributed by atoms with E-state index in [9.17, 15) is 9.00 Å². The number of rotatable bonds is 2. The molecule has 2 fully saturated rings. The van der Waals surface area contributed by atoms with E-state index in [4.69, 9.17) is 4.74 Å². The molecule has 21 heavy (non-hydrogen) atoms. The molecule has 2 heterocycles. The predicted octanol–water partition coefficient (Wildman–Crippen LogP) is 1.89. The van der Waals surface area contributed by atoms with Crippen molar-refractivity contribution in [3.05, 3.63) is 0 Å². The van der Waals surface area contributed by atoms with E-state index in [0.29, 0.717) is 18.3 Å². The topological polar surface area (TPSA) is 58.6 Å². The minimum Gasteiger partial charge on any atom is -0.444 e. The van der Waals surface area contributed by atoms with Crippen molar-refractivity contribution in [2.24, 2.45) is 0 Å². The van der Waals surface area contributed by atoms with Crippen molar-refractivity contribution < 1.29 is 13.7 Å². The molecular formula is C15H28N2O3S. The second kappa shape index (κ2) is 7.09. The fraction of sp³-hybridized carbons (Fsp3) is 0.933. The van der Waals surface area contributed by atoms with Gasteiger partial charge in [0.05, 0.1) is 0 Å². The molecule has 0 aromatic carbocycles. The first-order chi connectivity index (χ1) is 9.87. The smallest absolute Gasteiger partial charge is 0.410 e. The SMILES string of the molecule is CC(C)(C)OC(=O)N1CCC(S(=O)C2CCNCC2)CC1. The van der Waals surface area contributed by atoms with E-state index in [1.807, 2.05) is 20.8 Å². The number of carbonyl (C=O) groups is 1. The quantitative estimate of drug-likeness (QED) is 0.845. The van der Waals surface area contributed by atoms with Crippen LogP contribution in [0.15, 0.2) is 0 Å². The summed E-state index contributed by atoms with van der Waals surface area (Å²) < 4.78 is 18.0. The zero-order chi connectivity index (χ0) is 15.5. The molecule has 2 aliphatic heterocycles. The molecule has 0 bridgehead atoms. The number of hydrogen-bond acceptors (Lipinski definition) is 4. The molecule has 0 aromatic rings. The summed E-state index contributed by atoms with van der Waals surface area (Å²) >= 11 is 0. The fourth-order valence-electron chi connectivity index (χ4n) is 2.90. The van der Waals surface area contributed by atoms with Crippen LogP contribution in [0.1, 0.15) is 46.5 Å². The Morgan fingerprint density at radius 2 is 1.62 bits per heavy atom. The Bertz CT molecular complexity index is 381. The molecule has 2 rings (SSSR count). The molecule has 1 unspecified atom stereocenters. The Hall–Kier alpha value is -0.620. The van der Waals surface area contributed by atoms with Crippen molar-refractivity contribution in [3.63, 3.8) is 0 Å². The van der Waals surface area contributed by atoms with Crippen molar-refractivity contribution in [1.29, 1.82) is 0 Å². The van der Waals surface area contributed by atoms with Crippen LogP contribution in [-0.2, 0) is 15.5 Å². The highest BCUT2D eigenvalue weighted by molar-refractivity contribution is 7.86. The predicted molar refractivity (Wildman–Crippen MR) is 84.9 cm³/mol. The molecule has 122 valence electrons. The van der Waals surface area contributed by atoms with Crippen LogP contribution in [0.5, 0.6) is 0 Å². The van der Waals surface area contributed by atoms with Gasteiger partial charge in [-0.2, -0.15) is 0 Å². The minimum atomic E-state index is -0.759. The lowest BCUT2D eigenvalue weighted by Gasteiger charge is -2.35. The molecule has 0 aromatic heterocycles. The Morgan fingerprint density at radius 3 is 2.14 bits per heavy atom. The summed E-state index contributed by atoms with van der Waals surface area (Å²) in [6.07, 6.45) is 3.44. The molecule has 0 radical (unpaired) electrons. The van der Waals surface area contributed by atoms with Crippen LogP contribution >= 0.6 is 0 Å². The highest BCUT2D eigenvalue weighted by Gasteiger charge is 2.32. The molecule has 6 heteroatoms. The van der Waals surface area contributed by atoms with Gasteiger partial charge in [-0.15, -0.1) is 0 Å². The lowest BCUT2D eigenvalue weighted by Crippen LogP contribution is -2.45. The summed E-state index contributed by atoms with van der Waals surface area (Å²) in [5.74, 6) is 0. The van der Waals surface area contributed by atoms with Crippen LogP contribution < -0.4 is 5.32 Å². The van der Waals surface area contributed by atoms with Crippen LogP contribution in [0.2, 0.25) is 0 Å². The van der Waals surface area contributed by atoms with Crippen LogP contribution in [0.25, 0.3) is 0 Å². The summed E-state index contributed by atoms with van der Waals surface area (Å²) in [4.78, 5) is 13.8. The lowest BCUT2D eigenvalue weighted by molar-refractivity contribution is 0.0218. The van der Waals surface area contributed by atoms with E-state index >= 15 is 0 Å². The zero-order valence-electron chi connectivity index (χ0n) is 13.4. The van der Waals surface area contributed by atoms with Crippen LogP contribution in [0.4, 0.5) is 4.79 Å². The molecule has 1 atom stereocenters. The Morgan fingerprint density at radius 1 is 1.10 bits per heavy atom. The number of ether oxygens (including phenoxy) is 1. The van der Waals surface area contributed by atoms with E-state index < -0.39 is 16.4 Å². The maximum Gasteiger partial charge on any atom is 0.410 e. The first-order valence-corrected chi connectivity index (χ1v) is 9.22. The third-order valence-corrected chi connectivity index (χ3v) is 6.29. The highest BCUT2D eigenvalue weighted by Crippen LogP contribution is 2.23. The number of hydrogen-bond donors (Lipinski definition) is 1. The second-order valence-corrected chi connectivity index (χ2v) is 8.94. The number of nitrogens with one attached hydrogen (secondary N) is 1. The Kier molecular flexibility index (Phi) is 5.66. The molecule has 1 amide bonds. The highest BCUT2D eigenvalue weighted by atomic mass is 32.2. The molecule has 0 saturated carbocycles. The number of piperidine rings is 2. The first kappa shape index (κ1) is 16.7. The first-order valence-electron chi connectivity index (χ1n) is 7.95. The van der Waals surface area contributed by atoms with Gasteiger partial charge < -0.3 is 15.0 Å². The van der Waals surface area contributed by atoms with Gasteiger partial charge in [0.15, 0.2) is 0 Å². The van der Waals surface area contributed by atoms with Gasteiger partial charge in [-0.05, 0) is 59.5 Å². The van der Waals surface area contributed by atoms with Crippen LogP contribution in [0.3, 0.4) is 0 Å². The van der Waals surface area contributed by atoms with Crippen LogP contribution in [-0.4, -0.2) is 57.5 Å². The summed E-state index contributed by atoms with van der Waals surface area (Å²) in [7, 11) is -0.759.